The summed E-state index contributed by atoms with van der Waals surface area (Å²) in [6.07, 6.45) is 5.95. The zero-order valence-corrected chi connectivity index (χ0v) is 18.4. The molecule has 0 saturated carbocycles. The number of hydrogen-bond acceptors (Lipinski definition) is 5. The molecule has 5 aromatic rings. The molecule has 0 aliphatic carbocycles. The third kappa shape index (κ3) is 3.50. The van der Waals surface area contributed by atoms with E-state index in [1.165, 1.54) is 5.56 Å². The van der Waals surface area contributed by atoms with E-state index in [-0.39, 0.29) is 5.91 Å². The Hall–Kier alpha value is -3.85. The van der Waals surface area contributed by atoms with Crippen molar-refractivity contribution >= 4 is 38.5 Å². The lowest BCUT2D eigenvalue weighted by atomic mass is 9.94. The summed E-state index contributed by atoms with van der Waals surface area (Å²) in [6.45, 7) is 0.335. The smallest absolute Gasteiger partial charge is 0.251 e. The zero-order chi connectivity index (χ0) is 22.4. The van der Waals surface area contributed by atoms with Crippen LogP contribution in [0.1, 0.15) is 27.3 Å². The normalized spacial score (nSPS) is 15.6. The molecule has 164 valence electrons. The molecule has 1 aliphatic heterocycles. The summed E-state index contributed by atoms with van der Waals surface area (Å²) in [7, 11) is -0.918. The lowest BCUT2D eigenvalue weighted by Gasteiger charge is -2.21. The number of aryl methyl sites for hydroxylation is 1. The molecular weight excluding hydrogens is 436 g/mol. The first-order valence-electron chi connectivity index (χ1n) is 10.7. The predicted molar refractivity (Wildman–Crippen MR) is 127 cm³/mol. The topological polar surface area (TPSA) is 116 Å². The number of pyridine rings is 1. The van der Waals surface area contributed by atoms with Gasteiger partial charge in [0.1, 0.15) is 5.82 Å². The Labute approximate surface area is 191 Å². The quantitative estimate of drug-likeness (QED) is 0.384. The van der Waals surface area contributed by atoms with E-state index in [1.807, 2.05) is 30.5 Å². The van der Waals surface area contributed by atoms with Crippen molar-refractivity contribution in [2.45, 2.75) is 18.7 Å². The monoisotopic (exact) mass is 456 g/mol. The fraction of sp³-hybridized carbons (Fsp3) is 0.167. The van der Waals surface area contributed by atoms with Crippen LogP contribution >= 0.6 is 0 Å². The van der Waals surface area contributed by atoms with E-state index in [9.17, 15) is 9.00 Å². The average Bonchev–Trinajstić information content (AvgIpc) is 3.54. The third-order valence-corrected chi connectivity index (χ3v) is 7.33. The highest BCUT2D eigenvalue weighted by molar-refractivity contribution is 7.84. The molecule has 2 aromatic carbocycles. The molecule has 1 amide bonds. The van der Waals surface area contributed by atoms with Gasteiger partial charge in [0.05, 0.1) is 35.2 Å². The van der Waals surface area contributed by atoms with Crippen LogP contribution in [0.3, 0.4) is 0 Å². The van der Waals surface area contributed by atoms with E-state index in [0.717, 1.165) is 45.0 Å². The van der Waals surface area contributed by atoms with Crippen molar-refractivity contribution in [3.8, 4) is 11.3 Å². The predicted octanol–water partition coefficient (Wildman–Crippen LogP) is 3.24. The maximum Gasteiger partial charge on any atom is 0.251 e. The average molecular weight is 457 g/mol. The number of aromatic amines is 2. The van der Waals surface area contributed by atoms with Crippen molar-refractivity contribution in [1.29, 1.82) is 0 Å². The van der Waals surface area contributed by atoms with Crippen molar-refractivity contribution in [3.63, 3.8) is 0 Å². The largest absolute Gasteiger partial charge is 0.347 e. The lowest BCUT2D eigenvalue weighted by molar-refractivity contribution is 0.0950. The van der Waals surface area contributed by atoms with Crippen molar-refractivity contribution in [3.05, 3.63) is 77.5 Å². The highest BCUT2D eigenvalue weighted by Crippen LogP contribution is 2.37. The second-order valence-corrected chi connectivity index (χ2v) is 9.62. The minimum atomic E-state index is -0.918. The van der Waals surface area contributed by atoms with Crippen LogP contribution in [0.15, 0.2) is 55.0 Å². The molecule has 1 atom stereocenters. The minimum Gasteiger partial charge on any atom is -0.347 e. The number of carbonyl (C=O) groups excluding carboxylic acids is 1. The van der Waals surface area contributed by atoms with Crippen molar-refractivity contribution < 1.29 is 9.00 Å². The van der Waals surface area contributed by atoms with Gasteiger partial charge in [0.2, 0.25) is 0 Å². The fourth-order valence-corrected chi connectivity index (χ4v) is 5.67. The molecule has 1 unspecified atom stereocenters. The Morgan fingerprint density at radius 1 is 1.12 bits per heavy atom. The number of hydrogen-bond donors (Lipinski definition) is 3. The molecule has 6 rings (SSSR count). The molecule has 0 radical (unpaired) electrons. The second kappa shape index (κ2) is 7.93. The summed E-state index contributed by atoms with van der Waals surface area (Å²) in [4.78, 5) is 24.6. The van der Waals surface area contributed by atoms with Crippen molar-refractivity contribution in [1.82, 2.24) is 30.5 Å². The summed E-state index contributed by atoms with van der Waals surface area (Å²) in [5.74, 6) is 1.66. The van der Waals surface area contributed by atoms with Gasteiger partial charge < -0.3 is 10.3 Å². The zero-order valence-electron chi connectivity index (χ0n) is 17.6. The molecule has 0 spiro atoms. The van der Waals surface area contributed by atoms with Crippen LogP contribution in [0.4, 0.5) is 0 Å². The molecule has 8 nitrogen and oxygen atoms in total. The molecule has 3 aromatic heterocycles. The molecule has 1 aliphatic rings. The van der Waals surface area contributed by atoms with Gasteiger partial charge in [-0.3, -0.25) is 14.1 Å². The van der Waals surface area contributed by atoms with Gasteiger partial charge in [-0.05, 0) is 41.8 Å². The summed E-state index contributed by atoms with van der Waals surface area (Å²) >= 11 is 0. The number of rotatable bonds is 4. The van der Waals surface area contributed by atoms with Crippen molar-refractivity contribution in [2.75, 3.05) is 5.75 Å². The van der Waals surface area contributed by atoms with E-state index in [4.69, 9.17) is 4.98 Å². The number of nitrogens with zero attached hydrogens (tertiary/aromatic N) is 3. The minimum absolute atomic E-state index is 0.171. The van der Waals surface area contributed by atoms with E-state index >= 15 is 0 Å². The lowest BCUT2D eigenvalue weighted by Crippen LogP contribution is -2.23. The summed E-state index contributed by atoms with van der Waals surface area (Å²) in [5, 5.41) is 12.2. The van der Waals surface area contributed by atoms with Gasteiger partial charge in [-0.15, -0.1) is 0 Å². The van der Waals surface area contributed by atoms with Gasteiger partial charge in [-0.1, -0.05) is 12.1 Å². The number of benzene rings is 2. The Morgan fingerprint density at radius 3 is 2.82 bits per heavy atom. The Bertz CT molecular complexity index is 1520. The van der Waals surface area contributed by atoms with Crippen LogP contribution in [-0.2, 0) is 29.5 Å². The molecular formula is C24H20N6O2S. The van der Waals surface area contributed by atoms with E-state index in [0.29, 0.717) is 29.4 Å². The van der Waals surface area contributed by atoms with Crippen LogP contribution in [0.25, 0.3) is 33.1 Å². The Morgan fingerprint density at radius 2 is 2.00 bits per heavy atom. The first-order chi connectivity index (χ1) is 16.2. The summed E-state index contributed by atoms with van der Waals surface area (Å²) in [6, 6.07) is 11.4. The van der Waals surface area contributed by atoms with Gasteiger partial charge in [0.15, 0.2) is 0 Å². The fourth-order valence-electron chi connectivity index (χ4n) is 4.46. The second-order valence-electron chi connectivity index (χ2n) is 8.04. The molecule has 4 heterocycles. The first kappa shape index (κ1) is 19.8. The first-order valence-corrected chi connectivity index (χ1v) is 12.2. The standard InChI is InChI=1S/C24H20N6O2S/c31-24(27-12-21-25-8-9-26-21)15-3-1-14(2-4-15)23-18-13-33(32)10-7-16(18)22-17-11-28-30-19(17)5-6-20(22)29-23/h1-6,8-9,11H,7,10,12-13H2,(H,25,26)(H,27,31)(H,28,30). The maximum absolute atomic E-state index is 12.5. The van der Waals surface area contributed by atoms with Gasteiger partial charge in [0.25, 0.3) is 5.91 Å². The van der Waals surface area contributed by atoms with Gasteiger partial charge in [-0.2, -0.15) is 5.10 Å². The number of carbonyl (C=O) groups is 1. The van der Waals surface area contributed by atoms with Crippen LogP contribution < -0.4 is 5.32 Å². The Kier molecular flexibility index (Phi) is 4.76. The number of fused-ring (bicyclic) bond motifs is 5. The molecule has 3 N–H and O–H groups in total. The number of aromatic nitrogens is 5. The van der Waals surface area contributed by atoms with Crippen LogP contribution in [0.2, 0.25) is 0 Å². The molecule has 0 fully saturated rings. The molecule has 33 heavy (non-hydrogen) atoms. The van der Waals surface area contributed by atoms with Crippen LogP contribution in [-0.4, -0.2) is 41.0 Å². The maximum atomic E-state index is 12.5. The molecule has 0 saturated heterocycles. The molecule has 0 bridgehead atoms. The number of amides is 1. The summed E-state index contributed by atoms with van der Waals surface area (Å²) in [5.41, 5.74) is 6.38. The third-order valence-electron chi connectivity index (χ3n) is 6.06. The van der Waals surface area contributed by atoms with E-state index in [1.54, 1.807) is 24.5 Å². The number of nitrogens with one attached hydrogen (secondary N) is 3. The summed E-state index contributed by atoms with van der Waals surface area (Å²) < 4.78 is 12.5. The molecule has 9 heteroatoms. The van der Waals surface area contributed by atoms with E-state index < -0.39 is 10.8 Å². The highest BCUT2D eigenvalue weighted by atomic mass is 32.2. The van der Waals surface area contributed by atoms with Gasteiger partial charge >= 0.3 is 0 Å². The SMILES string of the molecule is O=C(NCc1ncc[nH]1)c1ccc(-c2nc3ccc4[nH]ncc4c3c3c2CS(=O)CC3)cc1. The highest BCUT2D eigenvalue weighted by Gasteiger charge is 2.24. The number of H-pyrrole nitrogens is 2. The van der Waals surface area contributed by atoms with Crippen LogP contribution in [0, 0.1) is 0 Å². The van der Waals surface area contributed by atoms with Crippen LogP contribution in [0.5, 0.6) is 0 Å². The number of imidazole rings is 1. The van der Waals surface area contributed by atoms with E-state index in [2.05, 4.69) is 25.5 Å². The van der Waals surface area contributed by atoms with Gasteiger partial charge in [-0.25, -0.2) is 9.97 Å². The van der Waals surface area contributed by atoms with Crippen molar-refractivity contribution in [2.24, 2.45) is 0 Å². The van der Waals surface area contributed by atoms with Gasteiger partial charge in [0, 0.05) is 50.8 Å². The Balaban J connectivity index is 1.39.